The highest BCUT2D eigenvalue weighted by atomic mass is 16.4. The van der Waals surface area contributed by atoms with Crippen LogP contribution >= 0.6 is 0 Å². The van der Waals surface area contributed by atoms with Crippen molar-refractivity contribution in [2.75, 3.05) is 13.1 Å². The number of rotatable bonds is 2. The molecule has 4 heteroatoms. The molecule has 2 fully saturated rings. The van der Waals surface area contributed by atoms with E-state index in [2.05, 4.69) is 27.7 Å². The van der Waals surface area contributed by atoms with Crippen LogP contribution in [0.15, 0.2) is 0 Å². The van der Waals surface area contributed by atoms with Crippen molar-refractivity contribution in [2.45, 2.75) is 41.0 Å². The largest absolute Gasteiger partial charge is 0.481 e. The van der Waals surface area contributed by atoms with E-state index in [1.54, 1.807) is 4.90 Å². The maximum atomic E-state index is 12.6. The second kappa shape index (κ2) is 4.22. The molecule has 0 bridgehead atoms. The van der Waals surface area contributed by atoms with Crippen LogP contribution < -0.4 is 0 Å². The lowest BCUT2D eigenvalue weighted by molar-refractivity contribution is -0.147. The number of hydrogen-bond donors (Lipinski definition) is 1. The van der Waals surface area contributed by atoms with Crippen LogP contribution in [-0.4, -0.2) is 35.0 Å². The highest BCUT2D eigenvalue weighted by Crippen LogP contribution is 2.68. The normalized spacial score (nSPS) is 33.0. The minimum atomic E-state index is -0.779. The summed E-state index contributed by atoms with van der Waals surface area (Å²) in [5, 5.41) is 9.18. The number of hydrogen-bond acceptors (Lipinski definition) is 2. The number of amides is 1. The van der Waals surface area contributed by atoms with Gasteiger partial charge in [0.1, 0.15) is 0 Å². The summed E-state index contributed by atoms with van der Waals surface area (Å²) in [7, 11) is 0. The molecule has 1 aliphatic carbocycles. The lowest BCUT2D eigenvalue weighted by Gasteiger charge is -2.35. The summed E-state index contributed by atoms with van der Waals surface area (Å²) in [6.45, 7) is 11.6. The fraction of sp³-hybridized carbons (Fsp3) is 0.867. The van der Waals surface area contributed by atoms with E-state index >= 15 is 0 Å². The average molecular weight is 267 g/mol. The van der Waals surface area contributed by atoms with Gasteiger partial charge in [0.05, 0.1) is 5.92 Å². The standard InChI is InChI=1S/C15H25NO3/c1-9-6-10(13(18)19)8-16(7-9)12(17)11-14(2,3)15(11,4)5/h9-11H,6-8H2,1-5H3,(H,18,19). The number of carbonyl (C=O) groups is 2. The van der Waals surface area contributed by atoms with Crippen molar-refractivity contribution in [2.24, 2.45) is 28.6 Å². The minimum Gasteiger partial charge on any atom is -0.481 e. The van der Waals surface area contributed by atoms with Gasteiger partial charge >= 0.3 is 5.97 Å². The van der Waals surface area contributed by atoms with Gasteiger partial charge in [0.15, 0.2) is 0 Å². The Balaban J connectivity index is 2.10. The van der Waals surface area contributed by atoms with Gasteiger partial charge in [0.2, 0.25) is 5.91 Å². The summed E-state index contributed by atoms with van der Waals surface area (Å²) >= 11 is 0. The number of piperidine rings is 1. The van der Waals surface area contributed by atoms with Gasteiger partial charge in [-0.1, -0.05) is 34.6 Å². The number of likely N-dealkylation sites (tertiary alicyclic amines) is 1. The molecule has 1 N–H and O–H groups in total. The van der Waals surface area contributed by atoms with E-state index in [-0.39, 0.29) is 28.6 Å². The first-order valence-electron chi connectivity index (χ1n) is 7.10. The summed E-state index contributed by atoms with van der Waals surface area (Å²) in [5.74, 6) is -0.743. The Morgan fingerprint density at radius 1 is 1.11 bits per heavy atom. The molecule has 1 saturated carbocycles. The summed E-state index contributed by atoms with van der Waals surface area (Å²) in [6, 6.07) is 0. The zero-order valence-electron chi connectivity index (χ0n) is 12.6. The Labute approximate surface area is 115 Å². The molecule has 2 rings (SSSR count). The molecule has 2 atom stereocenters. The van der Waals surface area contributed by atoms with E-state index in [9.17, 15) is 14.7 Å². The molecule has 1 amide bonds. The van der Waals surface area contributed by atoms with E-state index in [0.29, 0.717) is 19.5 Å². The number of aliphatic carboxylic acids is 1. The number of nitrogens with zero attached hydrogens (tertiary/aromatic N) is 1. The maximum absolute atomic E-state index is 12.6. The minimum absolute atomic E-state index is 0.0174. The van der Waals surface area contributed by atoms with Gasteiger partial charge in [-0.05, 0) is 23.2 Å². The van der Waals surface area contributed by atoms with Gasteiger partial charge in [-0.15, -0.1) is 0 Å². The van der Waals surface area contributed by atoms with Crippen molar-refractivity contribution < 1.29 is 14.7 Å². The van der Waals surface area contributed by atoms with Gasteiger partial charge in [-0.3, -0.25) is 9.59 Å². The molecular weight excluding hydrogens is 242 g/mol. The van der Waals surface area contributed by atoms with Crippen molar-refractivity contribution >= 4 is 11.9 Å². The lowest BCUT2D eigenvalue weighted by Crippen LogP contribution is -2.46. The van der Waals surface area contributed by atoms with E-state index in [0.717, 1.165) is 0 Å². The zero-order chi connectivity index (χ0) is 14.6. The van der Waals surface area contributed by atoms with Gasteiger partial charge in [-0.25, -0.2) is 0 Å². The number of carbonyl (C=O) groups excluding carboxylic acids is 1. The van der Waals surface area contributed by atoms with E-state index in [4.69, 9.17) is 0 Å². The average Bonchev–Trinajstić information content (AvgIpc) is 2.67. The first-order chi connectivity index (χ1) is 8.59. The molecule has 1 heterocycles. The predicted molar refractivity (Wildman–Crippen MR) is 72.5 cm³/mol. The Hall–Kier alpha value is -1.06. The number of carboxylic acids is 1. The van der Waals surface area contributed by atoms with Crippen LogP contribution in [-0.2, 0) is 9.59 Å². The summed E-state index contributed by atoms with van der Waals surface area (Å²) in [4.78, 5) is 25.6. The molecule has 1 saturated heterocycles. The first-order valence-corrected chi connectivity index (χ1v) is 7.10. The fourth-order valence-corrected chi connectivity index (χ4v) is 3.71. The van der Waals surface area contributed by atoms with Crippen molar-refractivity contribution in [3.05, 3.63) is 0 Å². The highest BCUT2D eigenvalue weighted by molar-refractivity contribution is 5.85. The zero-order valence-corrected chi connectivity index (χ0v) is 12.6. The molecule has 1 aliphatic heterocycles. The third-order valence-electron chi connectivity index (χ3n) is 5.59. The molecule has 4 nitrogen and oxygen atoms in total. The summed E-state index contributed by atoms with van der Waals surface area (Å²) in [5.41, 5.74) is 0.0347. The number of carboxylic acid groups (broad SMARTS) is 1. The fourth-order valence-electron chi connectivity index (χ4n) is 3.71. The van der Waals surface area contributed by atoms with Crippen LogP contribution in [0.25, 0.3) is 0 Å². The van der Waals surface area contributed by atoms with Crippen LogP contribution in [0.4, 0.5) is 0 Å². The van der Waals surface area contributed by atoms with Crippen molar-refractivity contribution in [1.29, 1.82) is 0 Å². The van der Waals surface area contributed by atoms with Crippen LogP contribution in [0.5, 0.6) is 0 Å². The third kappa shape index (κ3) is 2.15. The molecule has 19 heavy (non-hydrogen) atoms. The third-order valence-corrected chi connectivity index (χ3v) is 5.59. The lowest BCUT2D eigenvalue weighted by atomic mass is 9.90. The Bertz CT molecular complexity index is 400. The monoisotopic (exact) mass is 267 g/mol. The van der Waals surface area contributed by atoms with E-state index in [1.807, 2.05) is 6.92 Å². The summed E-state index contributed by atoms with van der Waals surface area (Å²) < 4.78 is 0. The molecule has 0 spiro atoms. The summed E-state index contributed by atoms with van der Waals surface area (Å²) in [6.07, 6.45) is 0.677. The molecule has 0 radical (unpaired) electrons. The van der Waals surface area contributed by atoms with E-state index in [1.165, 1.54) is 0 Å². The van der Waals surface area contributed by atoms with Gasteiger partial charge in [-0.2, -0.15) is 0 Å². The molecule has 108 valence electrons. The Morgan fingerprint density at radius 2 is 1.63 bits per heavy atom. The van der Waals surface area contributed by atoms with Crippen molar-refractivity contribution in [1.82, 2.24) is 4.90 Å². The van der Waals surface area contributed by atoms with Gasteiger partial charge < -0.3 is 10.0 Å². The second-order valence-electron chi connectivity index (χ2n) is 7.50. The SMILES string of the molecule is CC1CC(C(=O)O)CN(C(=O)C2C(C)(C)C2(C)C)C1. The van der Waals surface area contributed by atoms with Crippen LogP contribution in [0.1, 0.15) is 41.0 Å². The van der Waals surface area contributed by atoms with Crippen LogP contribution in [0.3, 0.4) is 0 Å². The quantitative estimate of drug-likeness (QED) is 0.834. The molecule has 0 aromatic heterocycles. The van der Waals surface area contributed by atoms with Crippen molar-refractivity contribution in [3.63, 3.8) is 0 Å². The molecular formula is C15H25NO3. The second-order valence-corrected chi connectivity index (χ2v) is 7.50. The Kier molecular flexibility index (Phi) is 3.19. The first kappa shape index (κ1) is 14.4. The molecule has 0 aromatic carbocycles. The van der Waals surface area contributed by atoms with E-state index < -0.39 is 11.9 Å². The topological polar surface area (TPSA) is 57.6 Å². The molecule has 2 unspecified atom stereocenters. The Morgan fingerprint density at radius 3 is 2.05 bits per heavy atom. The van der Waals surface area contributed by atoms with Crippen LogP contribution in [0.2, 0.25) is 0 Å². The maximum Gasteiger partial charge on any atom is 0.308 e. The van der Waals surface area contributed by atoms with Gasteiger partial charge in [0, 0.05) is 19.0 Å². The van der Waals surface area contributed by atoms with Gasteiger partial charge in [0.25, 0.3) is 0 Å². The smallest absolute Gasteiger partial charge is 0.308 e. The van der Waals surface area contributed by atoms with Crippen molar-refractivity contribution in [3.8, 4) is 0 Å². The molecule has 2 aliphatic rings. The predicted octanol–water partition coefficient (Wildman–Crippen LogP) is 2.24. The molecule has 0 aromatic rings. The van der Waals surface area contributed by atoms with Crippen LogP contribution in [0, 0.1) is 28.6 Å². The highest BCUT2D eigenvalue weighted by Gasteiger charge is 2.69.